The second kappa shape index (κ2) is 7.70. The monoisotopic (exact) mass is 338 g/mol. The summed E-state index contributed by atoms with van der Waals surface area (Å²) in [6, 6.07) is 14.4. The van der Waals surface area contributed by atoms with Crippen molar-refractivity contribution >= 4 is 27.8 Å². The normalized spacial score (nSPS) is 12.7. The van der Waals surface area contributed by atoms with E-state index in [2.05, 4.69) is 66.2 Å². The Balaban J connectivity index is 1.88. The lowest BCUT2D eigenvalue weighted by molar-refractivity contribution is -0.139. The van der Waals surface area contributed by atoms with Crippen molar-refractivity contribution in [2.45, 2.75) is 52.2 Å². The molecule has 0 amide bonds. The van der Waals surface area contributed by atoms with Crippen LogP contribution in [0.25, 0.3) is 21.8 Å². The molecule has 0 unspecified atom stereocenters. The SMILES string of the molecule is CCCC[C@H](NCc1ccc2c(c1)c1ccccc1n2CC)C(=O)O. The number of carbonyl (C=O) groups is 1. The molecule has 1 aromatic heterocycles. The Hall–Kier alpha value is -2.33. The Labute approximate surface area is 148 Å². The molecule has 4 heteroatoms. The van der Waals surface area contributed by atoms with Gasteiger partial charge in [0.15, 0.2) is 0 Å². The quantitative estimate of drug-likeness (QED) is 0.633. The number of benzene rings is 2. The number of aryl methyl sites for hydroxylation is 1. The minimum Gasteiger partial charge on any atom is -0.480 e. The van der Waals surface area contributed by atoms with Crippen LogP contribution in [0.3, 0.4) is 0 Å². The van der Waals surface area contributed by atoms with Crippen molar-refractivity contribution < 1.29 is 9.90 Å². The molecule has 2 N–H and O–H groups in total. The second-order valence-electron chi connectivity index (χ2n) is 6.53. The molecule has 0 radical (unpaired) electrons. The zero-order valence-electron chi connectivity index (χ0n) is 15.0. The number of rotatable bonds is 8. The van der Waals surface area contributed by atoms with E-state index in [0.717, 1.165) is 24.9 Å². The van der Waals surface area contributed by atoms with E-state index in [0.29, 0.717) is 13.0 Å². The first kappa shape index (κ1) is 17.5. The van der Waals surface area contributed by atoms with Crippen LogP contribution in [0.4, 0.5) is 0 Å². The van der Waals surface area contributed by atoms with E-state index in [1.165, 1.54) is 21.8 Å². The lowest BCUT2D eigenvalue weighted by atomic mass is 10.1. The first-order valence-electron chi connectivity index (χ1n) is 9.11. The van der Waals surface area contributed by atoms with E-state index in [1.807, 2.05) is 0 Å². The number of carboxylic acids is 1. The molecule has 3 aromatic rings. The van der Waals surface area contributed by atoms with Crippen LogP contribution in [-0.2, 0) is 17.9 Å². The van der Waals surface area contributed by atoms with Gasteiger partial charge in [0.05, 0.1) is 0 Å². The maximum absolute atomic E-state index is 11.4. The van der Waals surface area contributed by atoms with Crippen LogP contribution in [0, 0.1) is 0 Å². The maximum atomic E-state index is 11.4. The molecular formula is C21H26N2O2. The van der Waals surface area contributed by atoms with Crippen LogP contribution in [-0.4, -0.2) is 21.7 Å². The molecule has 0 saturated heterocycles. The van der Waals surface area contributed by atoms with Gasteiger partial charge in [-0.3, -0.25) is 4.79 Å². The molecule has 25 heavy (non-hydrogen) atoms. The first-order valence-corrected chi connectivity index (χ1v) is 9.11. The average Bonchev–Trinajstić information content (AvgIpc) is 2.94. The van der Waals surface area contributed by atoms with Gasteiger partial charge in [-0.15, -0.1) is 0 Å². The van der Waals surface area contributed by atoms with Crippen LogP contribution >= 0.6 is 0 Å². The van der Waals surface area contributed by atoms with E-state index < -0.39 is 12.0 Å². The molecule has 1 heterocycles. The van der Waals surface area contributed by atoms with Crippen LogP contribution in [0.2, 0.25) is 0 Å². The van der Waals surface area contributed by atoms with Crippen molar-refractivity contribution in [2.75, 3.05) is 0 Å². The topological polar surface area (TPSA) is 54.3 Å². The van der Waals surface area contributed by atoms with Gasteiger partial charge in [0.1, 0.15) is 6.04 Å². The number of carboxylic acid groups (broad SMARTS) is 1. The van der Waals surface area contributed by atoms with Crippen molar-refractivity contribution in [1.82, 2.24) is 9.88 Å². The van der Waals surface area contributed by atoms with E-state index >= 15 is 0 Å². The average molecular weight is 338 g/mol. The minimum atomic E-state index is -0.767. The third-order valence-electron chi connectivity index (χ3n) is 4.85. The predicted molar refractivity (Wildman–Crippen MR) is 103 cm³/mol. The van der Waals surface area contributed by atoms with Gasteiger partial charge in [-0.25, -0.2) is 0 Å². The molecular weight excluding hydrogens is 312 g/mol. The third-order valence-corrected chi connectivity index (χ3v) is 4.85. The largest absolute Gasteiger partial charge is 0.480 e. The van der Waals surface area contributed by atoms with E-state index in [4.69, 9.17) is 0 Å². The fourth-order valence-electron chi connectivity index (χ4n) is 3.51. The molecule has 1 atom stereocenters. The standard InChI is InChI=1S/C21H26N2O2/c1-3-5-9-18(21(24)25)22-14-15-11-12-20-17(13-15)16-8-6-7-10-19(16)23(20)4-2/h6-8,10-13,18,22H,3-5,9,14H2,1-2H3,(H,24,25)/t18-/m0/s1. The smallest absolute Gasteiger partial charge is 0.320 e. The Bertz CT molecular complexity index is 882. The molecule has 4 nitrogen and oxygen atoms in total. The highest BCUT2D eigenvalue weighted by Gasteiger charge is 2.16. The van der Waals surface area contributed by atoms with E-state index in [-0.39, 0.29) is 0 Å². The number of hydrogen-bond acceptors (Lipinski definition) is 2. The number of fused-ring (bicyclic) bond motifs is 3. The van der Waals surface area contributed by atoms with Crippen molar-refractivity contribution in [2.24, 2.45) is 0 Å². The van der Waals surface area contributed by atoms with Gasteiger partial charge >= 0.3 is 5.97 Å². The summed E-state index contributed by atoms with van der Waals surface area (Å²) in [7, 11) is 0. The molecule has 0 aliphatic carbocycles. The van der Waals surface area contributed by atoms with Gasteiger partial charge in [-0.05, 0) is 37.1 Å². The number of aliphatic carboxylic acids is 1. The van der Waals surface area contributed by atoms with Crippen molar-refractivity contribution in [3.05, 3.63) is 48.0 Å². The van der Waals surface area contributed by atoms with Gasteiger partial charge in [-0.2, -0.15) is 0 Å². The minimum absolute atomic E-state index is 0.479. The first-order chi connectivity index (χ1) is 12.2. The predicted octanol–water partition coefficient (Wildman–Crippen LogP) is 4.55. The van der Waals surface area contributed by atoms with Gasteiger partial charge in [0, 0.05) is 34.9 Å². The highest BCUT2D eigenvalue weighted by atomic mass is 16.4. The summed E-state index contributed by atoms with van der Waals surface area (Å²) in [4.78, 5) is 11.4. The molecule has 3 rings (SSSR count). The molecule has 0 aliphatic heterocycles. The Kier molecular flexibility index (Phi) is 5.39. The summed E-state index contributed by atoms with van der Waals surface area (Å²) in [6.07, 6.45) is 2.60. The third kappa shape index (κ3) is 3.54. The van der Waals surface area contributed by atoms with Crippen LogP contribution in [0.1, 0.15) is 38.7 Å². The number of unbranched alkanes of at least 4 members (excludes halogenated alkanes) is 1. The fourth-order valence-corrected chi connectivity index (χ4v) is 3.51. The summed E-state index contributed by atoms with van der Waals surface area (Å²) >= 11 is 0. The number of aromatic nitrogens is 1. The molecule has 0 aliphatic rings. The summed E-state index contributed by atoms with van der Waals surface area (Å²) < 4.78 is 2.32. The molecule has 0 bridgehead atoms. The van der Waals surface area contributed by atoms with E-state index in [1.54, 1.807) is 0 Å². The Morgan fingerprint density at radius 1 is 1.12 bits per heavy atom. The van der Waals surface area contributed by atoms with Gasteiger partial charge in [0.25, 0.3) is 0 Å². The summed E-state index contributed by atoms with van der Waals surface area (Å²) in [5.74, 6) is -0.767. The van der Waals surface area contributed by atoms with Crippen molar-refractivity contribution in [1.29, 1.82) is 0 Å². The molecule has 132 valence electrons. The number of nitrogens with one attached hydrogen (secondary N) is 1. The lowest BCUT2D eigenvalue weighted by Gasteiger charge is -2.14. The van der Waals surface area contributed by atoms with Gasteiger partial charge < -0.3 is 15.0 Å². The van der Waals surface area contributed by atoms with E-state index in [9.17, 15) is 9.90 Å². The summed E-state index contributed by atoms with van der Waals surface area (Å²) in [6.45, 7) is 5.74. The van der Waals surface area contributed by atoms with Crippen LogP contribution < -0.4 is 5.32 Å². The number of para-hydroxylation sites is 1. The highest BCUT2D eigenvalue weighted by molar-refractivity contribution is 6.08. The molecule has 0 saturated carbocycles. The molecule has 0 spiro atoms. The van der Waals surface area contributed by atoms with Gasteiger partial charge in [-0.1, -0.05) is 44.0 Å². The Morgan fingerprint density at radius 2 is 1.88 bits per heavy atom. The summed E-state index contributed by atoms with van der Waals surface area (Å²) in [5.41, 5.74) is 3.60. The number of nitrogens with zero attached hydrogens (tertiary/aromatic N) is 1. The second-order valence-corrected chi connectivity index (χ2v) is 6.53. The summed E-state index contributed by atoms with van der Waals surface area (Å²) in [5, 5.41) is 15.0. The maximum Gasteiger partial charge on any atom is 0.320 e. The van der Waals surface area contributed by atoms with Crippen LogP contribution in [0.5, 0.6) is 0 Å². The zero-order valence-corrected chi connectivity index (χ0v) is 15.0. The van der Waals surface area contributed by atoms with Gasteiger partial charge in [0.2, 0.25) is 0 Å². The zero-order chi connectivity index (χ0) is 17.8. The van der Waals surface area contributed by atoms with Crippen LogP contribution in [0.15, 0.2) is 42.5 Å². The molecule has 2 aromatic carbocycles. The highest BCUT2D eigenvalue weighted by Crippen LogP contribution is 2.29. The number of hydrogen-bond donors (Lipinski definition) is 2. The fraction of sp³-hybridized carbons (Fsp3) is 0.381. The van der Waals surface area contributed by atoms with Crippen molar-refractivity contribution in [3.63, 3.8) is 0 Å². The van der Waals surface area contributed by atoms with Crippen molar-refractivity contribution in [3.8, 4) is 0 Å². The lowest BCUT2D eigenvalue weighted by Crippen LogP contribution is -2.36. The molecule has 0 fully saturated rings. The Morgan fingerprint density at radius 3 is 2.60 bits per heavy atom.